The number of carbonyl (C=O) groups is 2. The largest absolute Gasteiger partial charge is 0.489 e. The van der Waals surface area contributed by atoms with E-state index in [9.17, 15) is 14.7 Å². The van der Waals surface area contributed by atoms with Crippen molar-refractivity contribution in [2.45, 2.75) is 79.1 Å². The molecule has 238 valence electrons. The highest BCUT2D eigenvalue weighted by Crippen LogP contribution is 2.19. The molecule has 0 saturated carbocycles. The lowest BCUT2D eigenvalue weighted by molar-refractivity contribution is 0.0755. The van der Waals surface area contributed by atoms with E-state index < -0.39 is 12.1 Å². The van der Waals surface area contributed by atoms with Crippen molar-refractivity contribution < 1.29 is 19.4 Å². The normalized spacial score (nSPS) is 12.5. The van der Waals surface area contributed by atoms with E-state index in [1.807, 2.05) is 72.5 Å². The quantitative estimate of drug-likeness (QED) is 0.152. The minimum Gasteiger partial charge on any atom is -0.489 e. The van der Waals surface area contributed by atoms with Gasteiger partial charge in [0.15, 0.2) is 0 Å². The van der Waals surface area contributed by atoms with E-state index in [1.54, 1.807) is 12.1 Å². The van der Waals surface area contributed by atoms with Gasteiger partial charge >= 0.3 is 0 Å². The molecule has 0 radical (unpaired) electrons. The zero-order valence-corrected chi connectivity index (χ0v) is 27.1. The third-order valence-electron chi connectivity index (χ3n) is 7.50. The molecule has 0 aliphatic rings. The number of rotatable bonds is 18. The molecule has 3 aromatic carbocycles. The second-order valence-corrected chi connectivity index (χ2v) is 12.0. The summed E-state index contributed by atoms with van der Waals surface area (Å²) in [6.07, 6.45) is 2.33. The summed E-state index contributed by atoms with van der Waals surface area (Å²) >= 11 is 0. The molecule has 0 fully saturated rings. The zero-order chi connectivity index (χ0) is 31.9. The van der Waals surface area contributed by atoms with Gasteiger partial charge in [0.1, 0.15) is 12.4 Å². The van der Waals surface area contributed by atoms with Crippen molar-refractivity contribution in [2.75, 3.05) is 26.2 Å². The van der Waals surface area contributed by atoms with Gasteiger partial charge in [-0.3, -0.25) is 9.59 Å². The van der Waals surface area contributed by atoms with E-state index in [-0.39, 0.29) is 11.8 Å². The van der Waals surface area contributed by atoms with Gasteiger partial charge in [-0.05, 0) is 92.1 Å². The predicted octanol–water partition coefficient (Wildman–Crippen LogP) is 6.17. The molecule has 2 amide bonds. The molecule has 44 heavy (non-hydrogen) atoms. The minimum absolute atomic E-state index is 0.0651. The lowest BCUT2D eigenvalue weighted by Crippen LogP contribution is -2.49. The highest BCUT2D eigenvalue weighted by molar-refractivity contribution is 6.00. The van der Waals surface area contributed by atoms with E-state index in [4.69, 9.17) is 4.74 Å². The van der Waals surface area contributed by atoms with E-state index in [0.29, 0.717) is 49.7 Å². The van der Waals surface area contributed by atoms with Crippen LogP contribution in [-0.4, -0.2) is 60.1 Å². The number of ether oxygens (including phenoxy) is 1. The lowest BCUT2D eigenvalue weighted by Gasteiger charge is -2.26. The Morgan fingerprint density at radius 2 is 1.57 bits per heavy atom. The summed E-state index contributed by atoms with van der Waals surface area (Å²) in [4.78, 5) is 28.8. The number of nitrogens with one attached hydrogen (secondary N) is 2. The van der Waals surface area contributed by atoms with Gasteiger partial charge in [0, 0.05) is 30.8 Å². The molecule has 2 atom stereocenters. The Balaban J connectivity index is 1.78. The molecular weight excluding hydrogens is 550 g/mol. The molecule has 0 unspecified atom stereocenters. The molecule has 0 spiro atoms. The van der Waals surface area contributed by atoms with Crippen LogP contribution in [0.1, 0.15) is 84.4 Å². The summed E-state index contributed by atoms with van der Waals surface area (Å²) < 4.78 is 6.03. The third kappa shape index (κ3) is 11.4. The number of nitrogens with zero attached hydrogens (tertiary/aromatic N) is 1. The first kappa shape index (κ1) is 34.8. The van der Waals surface area contributed by atoms with Crippen LogP contribution in [0.2, 0.25) is 0 Å². The van der Waals surface area contributed by atoms with Crippen LogP contribution in [0.4, 0.5) is 0 Å². The van der Waals surface area contributed by atoms with Crippen LogP contribution in [0.15, 0.2) is 72.8 Å². The third-order valence-corrected chi connectivity index (χ3v) is 7.50. The molecule has 0 bridgehead atoms. The van der Waals surface area contributed by atoms with Crippen molar-refractivity contribution in [3.05, 3.63) is 101 Å². The fraction of sp³-hybridized carbons (Fsp3) is 0.459. The fourth-order valence-electron chi connectivity index (χ4n) is 5.15. The standard InChI is InChI=1S/C37H51N3O4/c1-6-18-40(19-7-2)37(43)32-21-28(5)20-31(24-32)36(42)39-34(35(41)25-38-17-16-27(3)4)23-30-14-11-15-33(22-30)44-26-29-12-9-8-10-13-29/h8-15,20-22,24,27,34-35,38,41H,6-7,16-19,23,25-26H2,1-5H3,(H,39,42)/t34-,35+/m0/s1. The van der Waals surface area contributed by atoms with Gasteiger partial charge in [-0.25, -0.2) is 0 Å². The Bertz CT molecular complexity index is 1310. The zero-order valence-electron chi connectivity index (χ0n) is 27.1. The van der Waals surface area contributed by atoms with E-state index in [1.165, 1.54) is 0 Å². The second kappa shape index (κ2) is 18.2. The predicted molar refractivity (Wildman–Crippen MR) is 178 cm³/mol. The molecule has 3 rings (SSSR count). The Hall–Kier alpha value is -3.68. The van der Waals surface area contributed by atoms with Gasteiger partial charge in [0.2, 0.25) is 0 Å². The van der Waals surface area contributed by atoms with Crippen LogP contribution in [0.5, 0.6) is 5.75 Å². The summed E-state index contributed by atoms with van der Waals surface area (Å²) in [5, 5.41) is 17.7. The molecule has 3 N–H and O–H groups in total. The molecule has 0 aromatic heterocycles. The maximum absolute atomic E-state index is 13.7. The Labute approximate surface area is 264 Å². The minimum atomic E-state index is -0.824. The molecule has 3 aromatic rings. The summed E-state index contributed by atoms with van der Waals surface area (Å²) in [6, 6.07) is 22.5. The smallest absolute Gasteiger partial charge is 0.253 e. The van der Waals surface area contributed by atoms with Crippen LogP contribution < -0.4 is 15.4 Å². The Kier molecular flexibility index (Phi) is 14.4. The first-order valence-corrected chi connectivity index (χ1v) is 16.1. The van der Waals surface area contributed by atoms with Gasteiger partial charge in [-0.1, -0.05) is 70.2 Å². The van der Waals surface area contributed by atoms with Crippen LogP contribution in [0.3, 0.4) is 0 Å². The van der Waals surface area contributed by atoms with Gasteiger partial charge in [-0.2, -0.15) is 0 Å². The van der Waals surface area contributed by atoms with Crippen molar-refractivity contribution in [2.24, 2.45) is 5.92 Å². The highest BCUT2D eigenvalue weighted by Gasteiger charge is 2.24. The van der Waals surface area contributed by atoms with Gasteiger partial charge in [0.25, 0.3) is 11.8 Å². The number of hydrogen-bond acceptors (Lipinski definition) is 5. The number of hydrogen-bond donors (Lipinski definition) is 3. The molecular formula is C37H51N3O4. The number of carbonyl (C=O) groups excluding carboxylic acids is 2. The number of aliphatic hydroxyl groups is 1. The van der Waals surface area contributed by atoms with E-state index in [0.717, 1.165) is 48.2 Å². The fourth-order valence-corrected chi connectivity index (χ4v) is 5.15. The van der Waals surface area contributed by atoms with Crippen LogP contribution in [-0.2, 0) is 13.0 Å². The van der Waals surface area contributed by atoms with Crippen LogP contribution in [0, 0.1) is 12.8 Å². The van der Waals surface area contributed by atoms with E-state index in [2.05, 4.69) is 38.3 Å². The van der Waals surface area contributed by atoms with Crippen molar-refractivity contribution in [3.8, 4) is 5.75 Å². The van der Waals surface area contributed by atoms with Crippen LogP contribution >= 0.6 is 0 Å². The van der Waals surface area contributed by atoms with Crippen LogP contribution in [0.25, 0.3) is 0 Å². The number of benzene rings is 3. The summed E-state index contributed by atoms with van der Waals surface area (Å²) in [6.45, 7) is 13.3. The summed E-state index contributed by atoms with van der Waals surface area (Å²) in [7, 11) is 0. The Morgan fingerprint density at radius 1 is 0.886 bits per heavy atom. The average Bonchev–Trinajstić information content (AvgIpc) is 3.01. The first-order chi connectivity index (χ1) is 21.2. The number of aliphatic hydroxyl groups excluding tert-OH is 1. The summed E-state index contributed by atoms with van der Waals surface area (Å²) in [5.41, 5.74) is 3.77. The monoisotopic (exact) mass is 601 g/mol. The van der Waals surface area contributed by atoms with Gasteiger partial charge in [0.05, 0.1) is 12.1 Å². The number of aryl methyl sites for hydroxylation is 1. The molecule has 0 aliphatic heterocycles. The molecule has 7 nitrogen and oxygen atoms in total. The lowest BCUT2D eigenvalue weighted by atomic mass is 9.99. The van der Waals surface area contributed by atoms with Crippen molar-refractivity contribution >= 4 is 11.8 Å². The van der Waals surface area contributed by atoms with Gasteiger partial charge < -0.3 is 25.4 Å². The molecule has 0 heterocycles. The Morgan fingerprint density at radius 3 is 2.25 bits per heavy atom. The maximum atomic E-state index is 13.7. The van der Waals surface area contributed by atoms with Gasteiger partial charge in [-0.15, -0.1) is 0 Å². The van der Waals surface area contributed by atoms with Crippen molar-refractivity contribution in [1.82, 2.24) is 15.5 Å². The molecule has 0 aliphatic carbocycles. The number of amides is 2. The highest BCUT2D eigenvalue weighted by atomic mass is 16.5. The topological polar surface area (TPSA) is 90.9 Å². The second-order valence-electron chi connectivity index (χ2n) is 12.0. The summed E-state index contributed by atoms with van der Waals surface area (Å²) in [5.74, 6) is 0.900. The average molecular weight is 602 g/mol. The molecule has 7 heteroatoms. The molecule has 0 saturated heterocycles. The maximum Gasteiger partial charge on any atom is 0.253 e. The van der Waals surface area contributed by atoms with Crippen molar-refractivity contribution in [3.63, 3.8) is 0 Å². The van der Waals surface area contributed by atoms with E-state index >= 15 is 0 Å². The SMILES string of the molecule is CCCN(CCC)C(=O)c1cc(C)cc(C(=O)N[C@@H](Cc2cccc(OCc3ccccc3)c2)[C@H](O)CNCCC(C)C)c1. The van der Waals surface area contributed by atoms with Crippen molar-refractivity contribution in [1.29, 1.82) is 0 Å². The first-order valence-electron chi connectivity index (χ1n) is 16.1.